The van der Waals surface area contributed by atoms with Crippen LogP contribution in [0.25, 0.3) is 0 Å². The van der Waals surface area contributed by atoms with Crippen molar-refractivity contribution in [2.45, 2.75) is 64.1 Å². The first kappa shape index (κ1) is 16.2. The zero-order chi connectivity index (χ0) is 17.1. The molecule has 6 atom stereocenters. The molecule has 4 nitrogen and oxygen atoms in total. The molecule has 2 fully saturated rings. The van der Waals surface area contributed by atoms with Crippen LogP contribution in [0.2, 0.25) is 0 Å². The molecular weight excluding hydrogens is 304 g/mol. The molecule has 3 aliphatic carbocycles. The molecule has 1 aromatic rings. The van der Waals surface area contributed by atoms with Crippen molar-refractivity contribution in [2.75, 3.05) is 6.61 Å². The van der Waals surface area contributed by atoms with Crippen LogP contribution < -0.4 is 4.74 Å². The van der Waals surface area contributed by atoms with Crippen molar-refractivity contribution in [1.82, 2.24) is 0 Å². The molecule has 0 spiro atoms. The van der Waals surface area contributed by atoms with Crippen LogP contribution >= 0.6 is 0 Å². The van der Waals surface area contributed by atoms with Gasteiger partial charge in [0.25, 0.3) is 0 Å². The molecule has 0 heterocycles. The molecule has 4 heteroatoms. The smallest absolute Gasteiger partial charge is 0.161 e. The summed E-state index contributed by atoms with van der Waals surface area (Å²) in [7, 11) is 0. The summed E-state index contributed by atoms with van der Waals surface area (Å²) in [5.74, 6) is 1.90. The van der Waals surface area contributed by atoms with Crippen LogP contribution in [0.3, 0.4) is 0 Å². The third kappa shape index (κ3) is 2.19. The van der Waals surface area contributed by atoms with E-state index in [-0.39, 0.29) is 17.3 Å². The van der Waals surface area contributed by atoms with E-state index in [1.54, 1.807) is 6.07 Å². The lowest BCUT2D eigenvalue weighted by Crippen LogP contribution is -2.44. The van der Waals surface area contributed by atoms with Gasteiger partial charge in [-0.3, -0.25) is 0 Å². The average molecular weight is 332 g/mol. The number of fused-ring (bicyclic) bond motifs is 5. The number of hydrogen-bond donors (Lipinski definition) is 3. The van der Waals surface area contributed by atoms with Gasteiger partial charge < -0.3 is 20.1 Å². The Balaban J connectivity index is 1.75. The number of hydrogen-bond acceptors (Lipinski definition) is 4. The summed E-state index contributed by atoms with van der Waals surface area (Å²) in [5, 5.41) is 31.3. The molecule has 0 aliphatic heterocycles. The molecule has 0 unspecified atom stereocenters. The molecule has 0 bridgehead atoms. The lowest BCUT2D eigenvalue weighted by atomic mass is 9.55. The Morgan fingerprint density at radius 1 is 1.17 bits per heavy atom. The van der Waals surface area contributed by atoms with Crippen LogP contribution in [0.5, 0.6) is 11.5 Å². The Bertz CT molecular complexity index is 643. The Morgan fingerprint density at radius 2 is 1.96 bits per heavy atom. The van der Waals surface area contributed by atoms with Crippen LogP contribution in [0.1, 0.15) is 69.1 Å². The largest absolute Gasteiger partial charge is 0.504 e. The van der Waals surface area contributed by atoms with E-state index in [1.807, 2.05) is 13.0 Å². The van der Waals surface area contributed by atoms with Crippen molar-refractivity contribution in [3.8, 4) is 11.5 Å². The summed E-state index contributed by atoms with van der Waals surface area (Å²) in [5.41, 5.74) is 2.00. The Labute approximate surface area is 143 Å². The maximum absolute atomic E-state index is 10.7. The molecule has 132 valence electrons. The highest BCUT2D eigenvalue weighted by Gasteiger charge is 2.55. The number of phenolic OH excluding ortho intramolecular Hbond substituents is 1. The van der Waals surface area contributed by atoms with Crippen LogP contribution in [-0.4, -0.2) is 28.0 Å². The lowest BCUT2D eigenvalue weighted by molar-refractivity contribution is -0.0372. The van der Waals surface area contributed by atoms with Gasteiger partial charge in [0.15, 0.2) is 11.5 Å². The number of rotatable bonds is 2. The first-order valence-corrected chi connectivity index (χ1v) is 9.31. The molecular formula is C20H28O4. The number of aliphatic hydroxyl groups excluding tert-OH is 2. The Morgan fingerprint density at radius 3 is 2.71 bits per heavy atom. The monoisotopic (exact) mass is 332 g/mol. The topological polar surface area (TPSA) is 69.9 Å². The van der Waals surface area contributed by atoms with Crippen molar-refractivity contribution < 1.29 is 20.1 Å². The lowest BCUT2D eigenvalue weighted by Gasteiger charge is -2.51. The fraction of sp³-hybridized carbons (Fsp3) is 0.700. The highest BCUT2D eigenvalue weighted by Crippen LogP contribution is 2.62. The number of ether oxygens (including phenoxy) is 1. The minimum absolute atomic E-state index is 0.00193. The second-order valence-electron chi connectivity index (χ2n) is 8.15. The maximum atomic E-state index is 10.7. The molecule has 0 radical (unpaired) electrons. The summed E-state index contributed by atoms with van der Waals surface area (Å²) >= 11 is 0. The van der Waals surface area contributed by atoms with Crippen LogP contribution in [0, 0.1) is 17.3 Å². The second-order valence-corrected chi connectivity index (χ2v) is 8.15. The summed E-state index contributed by atoms with van der Waals surface area (Å²) in [6.07, 6.45) is 3.98. The van der Waals surface area contributed by atoms with Crippen LogP contribution in [-0.2, 0) is 0 Å². The molecule has 2 saturated carbocycles. The minimum Gasteiger partial charge on any atom is -0.504 e. The Hall–Kier alpha value is -1.26. The van der Waals surface area contributed by atoms with Gasteiger partial charge in [0, 0.05) is 0 Å². The van der Waals surface area contributed by atoms with Crippen LogP contribution in [0.15, 0.2) is 12.1 Å². The third-order valence-electron chi connectivity index (χ3n) is 7.11. The zero-order valence-corrected chi connectivity index (χ0v) is 14.5. The van der Waals surface area contributed by atoms with E-state index >= 15 is 0 Å². The van der Waals surface area contributed by atoms with Gasteiger partial charge in [-0.2, -0.15) is 0 Å². The highest BCUT2D eigenvalue weighted by molar-refractivity contribution is 5.50. The van der Waals surface area contributed by atoms with Gasteiger partial charge in [0.05, 0.1) is 18.8 Å². The Kier molecular flexibility index (Phi) is 3.81. The van der Waals surface area contributed by atoms with Gasteiger partial charge in [0.1, 0.15) is 0 Å². The van der Waals surface area contributed by atoms with Crippen molar-refractivity contribution in [2.24, 2.45) is 17.3 Å². The standard InChI is InChI=1S/C20H28O4/c1-3-24-18-10-12-11-6-7-20(2)15(4-5-19(20)23)13(11)8-16(21)14(12)9-17(18)22/h9-11,13,15-16,19,21-23H,3-8H2,1-2H3/t11-,13-,15+,16-,19+,20+/m1/s1. The molecule has 0 saturated heterocycles. The van der Waals surface area contributed by atoms with Gasteiger partial charge in [-0.1, -0.05) is 6.92 Å². The van der Waals surface area contributed by atoms with E-state index in [4.69, 9.17) is 4.74 Å². The quantitative estimate of drug-likeness (QED) is 0.775. The molecule has 3 aliphatic rings. The van der Waals surface area contributed by atoms with Crippen LogP contribution in [0.4, 0.5) is 0 Å². The number of phenols is 1. The second kappa shape index (κ2) is 5.63. The van der Waals surface area contributed by atoms with Gasteiger partial charge in [0.2, 0.25) is 0 Å². The molecule has 0 amide bonds. The maximum Gasteiger partial charge on any atom is 0.161 e. The van der Waals surface area contributed by atoms with Crippen molar-refractivity contribution in [3.63, 3.8) is 0 Å². The number of benzene rings is 1. The SMILES string of the molecule is CCOc1cc2c(cc1O)[C@H](O)C[C@@H]1[C@@H]2CC[C@]2(C)[C@@H](O)CC[C@@H]12. The van der Waals surface area contributed by atoms with Gasteiger partial charge in [-0.25, -0.2) is 0 Å². The van der Waals surface area contributed by atoms with Gasteiger partial charge >= 0.3 is 0 Å². The summed E-state index contributed by atoms with van der Waals surface area (Å²) < 4.78 is 5.57. The molecule has 4 rings (SSSR count). The van der Waals surface area contributed by atoms with E-state index in [9.17, 15) is 15.3 Å². The predicted molar refractivity (Wildman–Crippen MR) is 91.2 cm³/mol. The first-order valence-electron chi connectivity index (χ1n) is 9.31. The number of aliphatic hydroxyl groups is 2. The van der Waals surface area contributed by atoms with E-state index in [1.165, 1.54) is 0 Å². The average Bonchev–Trinajstić information content (AvgIpc) is 2.85. The van der Waals surface area contributed by atoms with Gasteiger partial charge in [-0.05, 0) is 85.5 Å². The van der Waals surface area contributed by atoms with Crippen molar-refractivity contribution in [1.29, 1.82) is 0 Å². The number of aromatic hydroxyl groups is 1. The molecule has 24 heavy (non-hydrogen) atoms. The normalized spacial score (nSPS) is 40.6. The van der Waals surface area contributed by atoms with Crippen molar-refractivity contribution in [3.05, 3.63) is 23.3 Å². The highest BCUT2D eigenvalue weighted by atomic mass is 16.5. The summed E-state index contributed by atoms with van der Waals surface area (Å²) in [6.45, 7) is 4.65. The fourth-order valence-corrected chi connectivity index (χ4v) is 5.84. The minimum atomic E-state index is -0.539. The molecule has 3 N–H and O–H groups in total. The fourth-order valence-electron chi connectivity index (χ4n) is 5.84. The van der Waals surface area contributed by atoms with E-state index in [0.717, 1.165) is 43.2 Å². The van der Waals surface area contributed by atoms with Gasteiger partial charge in [-0.15, -0.1) is 0 Å². The molecule has 0 aromatic heterocycles. The van der Waals surface area contributed by atoms with E-state index in [2.05, 4.69) is 6.92 Å². The van der Waals surface area contributed by atoms with Crippen molar-refractivity contribution >= 4 is 0 Å². The summed E-state index contributed by atoms with van der Waals surface area (Å²) in [4.78, 5) is 0. The predicted octanol–water partition coefficient (Wildman–Crippen LogP) is 3.50. The van der Waals surface area contributed by atoms with E-state index in [0.29, 0.717) is 30.1 Å². The van der Waals surface area contributed by atoms with E-state index < -0.39 is 6.10 Å². The summed E-state index contributed by atoms with van der Waals surface area (Å²) in [6, 6.07) is 3.64. The zero-order valence-electron chi connectivity index (χ0n) is 14.5. The molecule has 1 aromatic carbocycles. The first-order chi connectivity index (χ1) is 11.5. The third-order valence-corrected chi connectivity index (χ3v) is 7.11.